The first-order valence-corrected chi connectivity index (χ1v) is 19.4. The van der Waals surface area contributed by atoms with Crippen molar-refractivity contribution in [3.8, 4) is 97.0 Å². The third kappa shape index (κ3) is 6.01. The lowest BCUT2D eigenvalue weighted by Gasteiger charge is -2.36. The van der Waals surface area contributed by atoms with Crippen molar-refractivity contribution in [2.45, 2.75) is 43.9 Å². The zero-order valence-electron chi connectivity index (χ0n) is 33.9. The molecule has 0 radical (unpaired) electrons. The Hall–Kier alpha value is -9.39. The second-order valence-electron chi connectivity index (χ2n) is 15.5. The Balaban J connectivity index is 1.42. The number of aliphatic hydroxyl groups is 1. The molecule has 352 valence electrons. The zero-order chi connectivity index (χ0) is 49.3. The number of cyclic esters (lactones) is 1. The molecule has 4 heterocycles. The summed E-state index contributed by atoms with van der Waals surface area (Å²) < 4.78 is 33.9. The molecule has 3 aliphatic rings. The van der Waals surface area contributed by atoms with Crippen LogP contribution in [0.3, 0.4) is 0 Å². The highest BCUT2D eigenvalue weighted by Gasteiger charge is 2.50. The van der Waals surface area contributed by atoms with Gasteiger partial charge in [0.15, 0.2) is 75.5 Å². The van der Waals surface area contributed by atoms with Crippen LogP contribution in [0, 0.1) is 6.92 Å². The van der Waals surface area contributed by atoms with Gasteiger partial charge in [0.05, 0.1) is 28.4 Å². The number of phenolic OH excluding ortho intramolecular Hbond substituents is 13. The monoisotopic (exact) mass is 946 g/mol. The second-order valence-corrected chi connectivity index (χ2v) is 15.5. The van der Waals surface area contributed by atoms with Crippen LogP contribution in [-0.2, 0) is 28.5 Å². The number of fused-ring (bicyclic) bond motifs is 10. The van der Waals surface area contributed by atoms with Crippen molar-refractivity contribution in [1.82, 2.24) is 0 Å². The molecule has 5 aromatic carbocycles. The van der Waals surface area contributed by atoms with Crippen LogP contribution in [0.1, 0.15) is 65.1 Å². The molecule has 25 nitrogen and oxygen atoms in total. The lowest BCUT2D eigenvalue weighted by molar-refractivity contribution is -0.160. The molecule has 0 amide bonds. The van der Waals surface area contributed by atoms with Crippen molar-refractivity contribution in [3.05, 3.63) is 51.6 Å². The van der Waals surface area contributed by atoms with E-state index in [1.54, 1.807) is 0 Å². The number of aromatic hydroxyl groups is 13. The molecule has 14 N–H and O–H groups in total. The highest BCUT2D eigenvalue weighted by molar-refractivity contribution is 6.24. The number of carbonyl (C=O) groups is 5. The standard InChI is InChI=1S/C43H30O25/c1-8-18-12(45)5-16(64-7-44)36-37-17(6-63-40(59)9-2-13(46)26(49)30(53)20(9)21-10(42(61)67-37)3-14(47)27(50)31(21)54)65-41(60)11-4-15(48)28(51)32(55)22(11)23-25(43(62)68-36)24-19(8)38(34(57)29(18)52)66-39(24)35(58)33(23)56/h2-4,7,12,16-17,36-37,45-58H,5-6H2,1H3/t12-,16?,17?,36?,37?/m1/s1. The van der Waals surface area contributed by atoms with Crippen LogP contribution in [0.2, 0.25) is 0 Å². The van der Waals surface area contributed by atoms with Crippen molar-refractivity contribution < 1.29 is 124 Å². The Morgan fingerprint density at radius 1 is 0.529 bits per heavy atom. The molecule has 4 unspecified atom stereocenters. The normalized spacial score (nSPS) is 20.2. The molecule has 0 spiro atoms. The first-order valence-electron chi connectivity index (χ1n) is 19.4. The summed E-state index contributed by atoms with van der Waals surface area (Å²) in [4.78, 5) is 71.0. The number of esters is 4. The number of aryl methyl sites for hydroxylation is 1. The van der Waals surface area contributed by atoms with E-state index >= 15 is 4.79 Å². The maximum Gasteiger partial charge on any atom is 0.340 e. The topological polar surface area (TPSA) is 428 Å². The van der Waals surface area contributed by atoms with Crippen LogP contribution in [0.4, 0.5) is 0 Å². The zero-order valence-corrected chi connectivity index (χ0v) is 33.9. The van der Waals surface area contributed by atoms with Gasteiger partial charge in [0.25, 0.3) is 6.47 Å². The maximum absolute atomic E-state index is 15.2. The van der Waals surface area contributed by atoms with E-state index in [1.807, 2.05) is 0 Å². The molecule has 0 fully saturated rings. The molecule has 1 aromatic heterocycles. The third-order valence-electron chi connectivity index (χ3n) is 11.9. The average molecular weight is 947 g/mol. The van der Waals surface area contributed by atoms with Crippen LogP contribution < -0.4 is 0 Å². The minimum absolute atomic E-state index is 0.245. The Bertz CT molecular complexity index is 3310. The van der Waals surface area contributed by atoms with Crippen LogP contribution in [0.15, 0.2) is 22.6 Å². The van der Waals surface area contributed by atoms with E-state index < -0.39 is 214 Å². The molecule has 6 aromatic rings. The van der Waals surface area contributed by atoms with Gasteiger partial charge in [-0.1, -0.05) is 0 Å². The Morgan fingerprint density at radius 2 is 0.985 bits per heavy atom. The highest BCUT2D eigenvalue weighted by Crippen LogP contribution is 2.58. The fraction of sp³-hybridized carbons (Fsp3) is 0.186. The van der Waals surface area contributed by atoms with E-state index in [9.17, 15) is 90.7 Å². The molecule has 0 saturated heterocycles. The van der Waals surface area contributed by atoms with Gasteiger partial charge in [-0.2, -0.15) is 0 Å². The summed E-state index contributed by atoms with van der Waals surface area (Å²) >= 11 is 0. The van der Waals surface area contributed by atoms with E-state index in [2.05, 4.69) is 0 Å². The van der Waals surface area contributed by atoms with E-state index in [-0.39, 0.29) is 12.0 Å². The predicted molar refractivity (Wildman–Crippen MR) is 216 cm³/mol. The summed E-state index contributed by atoms with van der Waals surface area (Å²) in [5.74, 6) is -24.5. The fourth-order valence-corrected chi connectivity index (χ4v) is 8.80. The number of aliphatic hydroxyl groups excluding tert-OH is 1. The number of carbonyl (C=O) groups excluding carboxylic acids is 5. The summed E-state index contributed by atoms with van der Waals surface area (Å²) in [6.45, 7) is -0.480. The van der Waals surface area contributed by atoms with Crippen molar-refractivity contribution >= 4 is 52.3 Å². The highest BCUT2D eigenvalue weighted by atomic mass is 16.6. The fourth-order valence-electron chi connectivity index (χ4n) is 8.80. The minimum Gasteiger partial charge on any atom is -0.504 e. The van der Waals surface area contributed by atoms with Crippen LogP contribution >= 0.6 is 0 Å². The molecule has 4 bridgehead atoms. The summed E-state index contributed by atoms with van der Waals surface area (Å²) in [5.41, 5.74) is -11.2. The summed E-state index contributed by atoms with van der Waals surface area (Å²) in [7, 11) is 0. The lowest BCUT2D eigenvalue weighted by atomic mass is 9.87. The molecular weight excluding hydrogens is 916 g/mol. The number of hydrogen-bond donors (Lipinski definition) is 14. The van der Waals surface area contributed by atoms with Gasteiger partial charge in [-0.3, -0.25) is 4.79 Å². The smallest absolute Gasteiger partial charge is 0.340 e. The van der Waals surface area contributed by atoms with Crippen molar-refractivity contribution in [2.75, 3.05) is 6.61 Å². The molecular formula is C43H30O25. The molecule has 25 heteroatoms. The van der Waals surface area contributed by atoms with Gasteiger partial charge in [-0.05, 0) is 30.7 Å². The number of phenols is 13. The Labute approximate surface area is 374 Å². The largest absolute Gasteiger partial charge is 0.504 e. The lowest BCUT2D eigenvalue weighted by Crippen LogP contribution is -2.53. The quantitative estimate of drug-likeness (QED) is 0.0513. The molecule has 3 aliphatic heterocycles. The molecule has 5 atom stereocenters. The van der Waals surface area contributed by atoms with E-state index in [4.69, 9.17) is 28.1 Å². The van der Waals surface area contributed by atoms with Gasteiger partial charge >= 0.3 is 23.9 Å². The molecule has 0 aliphatic carbocycles. The van der Waals surface area contributed by atoms with Gasteiger partial charge in [-0.15, -0.1) is 0 Å². The van der Waals surface area contributed by atoms with E-state index in [0.29, 0.717) is 18.2 Å². The first kappa shape index (κ1) is 43.8. The van der Waals surface area contributed by atoms with Crippen LogP contribution in [-0.4, -0.2) is 133 Å². The molecule has 0 saturated carbocycles. The number of hydrogen-bond acceptors (Lipinski definition) is 25. The maximum atomic E-state index is 15.2. The predicted octanol–water partition coefficient (Wildman–Crippen LogP) is 2.84. The minimum atomic E-state index is -2.61. The Morgan fingerprint density at radius 3 is 1.53 bits per heavy atom. The van der Waals surface area contributed by atoms with Gasteiger partial charge in [0.1, 0.15) is 12.7 Å². The number of ether oxygens (including phenoxy) is 5. The van der Waals surface area contributed by atoms with E-state index in [1.165, 1.54) is 6.92 Å². The first-order chi connectivity index (χ1) is 32.1. The van der Waals surface area contributed by atoms with Crippen LogP contribution in [0.25, 0.3) is 44.2 Å². The number of furan rings is 1. The second kappa shape index (κ2) is 15.1. The van der Waals surface area contributed by atoms with Gasteiger partial charge in [0, 0.05) is 45.0 Å². The van der Waals surface area contributed by atoms with Crippen molar-refractivity contribution in [3.63, 3.8) is 0 Å². The third-order valence-corrected chi connectivity index (χ3v) is 11.9. The summed E-state index contributed by atoms with van der Waals surface area (Å²) in [6.07, 6.45) is -13.0. The van der Waals surface area contributed by atoms with Gasteiger partial charge in [0.2, 0.25) is 28.7 Å². The van der Waals surface area contributed by atoms with Gasteiger partial charge in [-0.25, -0.2) is 19.2 Å². The van der Waals surface area contributed by atoms with Gasteiger partial charge < -0.3 is 99.6 Å². The van der Waals surface area contributed by atoms with Crippen molar-refractivity contribution in [1.29, 1.82) is 0 Å². The van der Waals surface area contributed by atoms with Crippen LogP contribution in [0.5, 0.6) is 74.7 Å². The van der Waals surface area contributed by atoms with Crippen molar-refractivity contribution in [2.24, 2.45) is 0 Å². The summed E-state index contributed by atoms with van der Waals surface area (Å²) in [6, 6.07) is 1.28. The van der Waals surface area contributed by atoms with E-state index in [0.717, 1.165) is 0 Å². The molecule has 9 rings (SSSR count). The number of rotatable bonds is 2. The SMILES string of the molecule is Cc1c2c(O)c(O)c3oc4c(O)c(O)c5c(c4c13)C(=O)OC(C(OC=O)C[C@H]2O)C1OC(=O)c2cc(O)c(O)c(O)c2-c2c(cc(O)c(O)c2O)C(=O)OCC1OC(=O)c1cc(O)c(O)c(O)c1-5. The average Bonchev–Trinajstić information content (AvgIpc) is 3.69. The molecule has 68 heavy (non-hydrogen) atoms. The Kier molecular flexibility index (Phi) is 9.73. The summed E-state index contributed by atoms with van der Waals surface area (Å²) in [5, 5.41) is 154. The number of benzene rings is 5.